The summed E-state index contributed by atoms with van der Waals surface area (Å²) in [6.07, 6.45) is 3.21. The van der Waals surface area contributed by atoms with Crippen LogP contribution < -0.4 is 16.0 Å². The fourth-order valence-corrected chi connectivity index (χ4v) is 6.07. The first-order valence-electron chi connectivity index (χ1n) is 11.8. The van der Waals surface area contributed by atoms with Crippen molar-refractivity contribution >= 4 is 33.4 Å². The van der Waals surface area contributed by atoms with Gasteiger partial charge in [-0.2, -0.15) is 0 Å². The molecule has 0 spiro atoms. The number of morpholine rings is 1. The van der Waals surface area contributed by atoms with Crippen LogP contribution in [0.4, 0.5) is 10.2 Å². The number of halogens is 1. The van der Waals surface area contributed by atoms with Gasteiger partial charge in [0.05, 0.1) is 23.4 Å². The van der Waals surface area contributed by atoms with Gasteiger partial charge in [-0.3, -0.25) is 4.90 Å². The molecule has 34 heavy (non-hydrogen) atoms. The zero-order chi connectivity index (χ0) is 23.7. The number of ether oxygens (including phenoxy) is 1. The lowest BCUT2D eigenvalue weighted by Crippen LogP contribution is -2.53. The van der Waals surface area contributed by atoms with E-state index in [1.807, 2.05) is 0 Å². The molecule has 2 saturated heterocycles. The lowest BCUT2D eigenvalue weighted by atomic mass is 10.1. The Hall–Kier alpha value is -2.59. The van der Waals surface area contributed by atoms with Gasteiger partial charge in [0, 0.05) is 55.2 Å². The van der Waals surface area contributed by atoms with E-state index < -0.39 is 0 Å². The molecule has 2 fully saturated rings. The summed E-state index contributed by atoms with van der Waals surface area (Å²) in [5.41, 5.74) is 7.97. The Bertz CT molecular complexity index is 1180. The predicted molar refractivity (Wildman–Crippen MR) is 136 cm³/mol. The van der Waals surface area contributed by atoms with Crippen LogP contribution in [-0.2, 0) is 11.3 Å². The predicted octanol–water partition coefficient (Wildman–Crippen LogP) is 3.45. The van der Waals surface area contributed by atoms with Crippen molar-refractivity contribution in [1.29, 1.82) is 0 Å². The van der Waals surface area contributed by atoms with E-state index in [4.69, 9.17) is 20.4 Å². The Morgan fingerprint density at radius 2 is 1.94 bits per heavy atom. The standard InChI is InChI=1S/C25H31FN6OS/c1-16-13-31(14-17(2)28-16)15-20-12-22-23(34-20)25(32-7-9-33-10-8-32)30-24(29-22)21-11-19(26)4-3-18(21)5-6-27/h3-6,11-12,16-17,28H,7-10,13-15,27H2,1-2H3/b6-5-. The molecule has 0 aliphatic carbocycles. The third-order valence-corrected chi connectivity index (χ3v) is 7.36. The van der Waals surface area contributed by atoms with Gasteiger partial charge in [-0.25, -0.2) is 14.4 Å². The maximum Gasteiger partial charge on any atom is 0.162 e. The van der Waals surface area contributed by atoms with E-state index in [1.54, 1.807) is 23.5 Å². The van der Waals surface area contributed by atoms with Crippen LogP contribution in [0, 0.1) is 5.82 Å². The molecular formula is C25H31FN6OS. The molecule has 0 amide bonds. The van der Waals surface area contributed by atoms with Crippen molar-refractivity contribution in [2.75, 3.05) is 44.3 Å². The molecule has 3 aromatic rings. The number of hydrogen-bond acceptors (Lipinski definition) is 8. The van der Waals surface area contributed by atoms with Crippen molar-refractivity contribution in [3.8, 4) is 11.4 Å². The summed E-state index contributed by atoms with van der Waals surface area (Å²) in [6.45, 7) is 10.2. The average molecular weight is 483 g/mol. The van der Waals surface area contributed by atoms with E-state index in [2.05, 4.69) is 35.0 Å². The lowest BCUT2D eigenvalue weighted by Gasteiger charge is -2.35. The van der Waals surface area contributed by atoms with Gasteiger partial charge in [0.2, 0.25) is 0 Å². The van der Waals surface area contributed by atoms with Gasteiger partial charge < -0.3 is 20.7 Å². The van der Waals surface area contributed by atoms with Crippen LogP contribution in [0.1, 0.15) is 24.3 Å². The lowest BCUT2D eigenvalue weighted by molar-refractivity contribution is 0.122. The van der Waals surface area contributed by atoms with E-state index in [0.29, 0.717) is 36.7 Å². The Labute approximate surface area is 203 Å². The molecule has 180 valence electrons. The molecule has 4 heterocycles. The zero-order valence-corrected chi connectivity index (χ0v) is 20.4. The number of hydrogen-bond donors (Lipinski definition) is 2. The van der Waals surface area contributed by atoms with Gasteiger partial charge in [-0.15, -0.1) is 11.3 Å². The highest BCUT2D eigenvalue weighted by molar-refractivity contribution is 7.19. The highest BCUT2D eigenvalue weighted by atomic mass is 32.1. The van der Waals surface area contributed by atoms with Crippen LogP contribution in [-0.4, -0.2) is 66.3 Å². The van der Waals surface area contributed by atoms with E-state index in [0.717, 1.165) is 54.3 Å². The number of nitrogens with two attached hydrogens (primary N) is 1. The molecule has 0 radical (unpaired) electrons. The van der Waals surface area contributed by atoms with Crippen molar-refractivity contribution < 1.29 is 9.13 Å². The normalized spacial score (nSPS) is 22.1. The maximum absolute atomic E-state index is 14.2. The van der Waals surface area contributed by atoms with Gasteiger partial charge >= 0.3 is 0 Å². The van der Waals surface area contributed by atoms with Crippen molar-refractivity contribution in [2.24, 2.45) is 5.73 Å². The Balaban J connectivity index is 1.58. The van der Waals surface area contributed by atoms with Gasteiger partial charge in [-0.05, 0) is 49.9 Å². The summed E-state index contributed by atoms with van der Waals surface area (Å²) in [4.78, 5) is 15.9. The molecule has 9 heteroatoms. The van der Waals surface area contributed by atoms with Crippen LogP contribution >= 0.6 is 11.3 Å². The summed E-state index contributed by atoms with van der Waals surface area (Å²) in [7, 11) is 0. The SMILES string of the molecule is CC1CN(Cc2cc3nc(-c4cc(F)ccc4/C=C\N)nc(N4CCOCC4)c3s2)CC(C)N1. The molecular weight excluding hydrogens is 451 g/mol. The highest BCUT2D eigenvalue weighted by Crippen LogP contribution is 2.36. The molecule has 3 N–H and O–H groups in total. The van der Waals surface area contributed by atoms with Gasteiger partial charge in [0.15, 0.2) is 11.6 Å². The van der Waals surface area contributed by atoms with Crippen LogP contribution in [0.2, 0.25) is 0 Å². The van der Waals surface area contributed by atoms with Crippen molar-refractivity contribution in [1.82, 2.24) is 20.2 Å². The average Bonchev–Trinajstić information content (AvgIpc) is 3.22. The number of anilines is 1. The molecule has 2 aromatic heterocycles. The monoisotopic (exact) mass is 482 g/mol. The van der Waals surface area contributed by atoms with Crippen molar-refractivity contribution in [2.45, 2.75) is 32.5 Å². The third-order valence-electron chi connectivity index (χ3n) is 6.26. The number of piperazine rings is 1. The highest BCUT2D eigenvalue weighted by Gasteiger charge is 2.24. The number of aromatic nitrogens is 2. The zero-order valence-electron chi connectivity index (χ0n) is 19.6. The second kappa shape index (κ2) is 9.95. The fraction of sp³-hybridized carbons (Fsp3) is 0.440. The molecule has 2 atom stereocenters. The minimum Gasteiger partial charge on any atom is -0.405 e. The first kappa shape index (κ1) is 23.2. The van der Waals surface area contributed by atoms with Crippen molar-refractivity contribution in [3.05, 3.63) is 46.7 Å². The number of thiophene rings is 1. The summed E-state index contributed by atoms with van der Waals surface area (Å²) >= 11 is 1.76. The van der Waals surface area contributed by atoms with Gasteiger partial charge in [0.25, 0.3) is 0 Å². The molecule has 0 saturated carbocycles. The minimum absolute atomic E-state index is 0.325. The topological polar surface area (TPSA) is 79.5 Å². The maximum atomic E-state index is 14.2. The molecule has 0 bridgehead atoms. The number of fused-ring (bicyclic) bond motifs is 1. The van der Waals surface area contributed by atoms with Crippen LogP contribution in [0.5, 0.6) is 0 Å². The van der Waals surface area contributed by atoms with E-state index >= 15 is 0 Å². The smallest absolute Gasteiger partial charge is 0.162 e. The third kappa shape index (κ3) is 4.93. The minimum atomic E-state index is -0.325. The largest absolute Gasteiger partial charge is 0.405 e. The van der Waals surface area contributed by atoms with Gasteiger partial charge in [-0.1, -0.05) is 6.07 Å². The van der Waals surface area contributed by atoms with E-state index in [9.17, 15) is 4.39 Å². The first-order valence-corrected chi connectivity index (χ1v) is 12.6. The molecule has 2 aliphatic heterocycles. The summed E-state index contributed by atoms with van der Waals surface area (Å²) < 4.78 is 20.9. The van der Waals surface area contributed by atoms with Crippen LogP contribution in [0.15, 0.2) is 30.5 Å². The van der Waals surface area contributed by atoms with E-state index in [-0.39, 0.29) is 5.82 Å². The van der Waals surface area contributed by atoms with Crippen molar-refractivity contribution in [3.63, 3.8) is 0 Å². The number of nitrogens with zero attached hydrogens (tertiary/aromatic N) is 4. The Kier molecular flexibility index (Phi) is 6.78. The molecule has 7 nitrogen and oxygen atoms in total. The van der Waals surface area contributed by atoms with Crippen LogP contribution in [0.3, 0.4) is 0 Å². The Morgan fingerprint density at radius 1 is 1.18 bits per heavy atom. The van der Waals surface area contributed by atoms with Gasteiger partial charge in [0.1, 0.15) is 5.82 Å². The first-order chi connectivity index (χ1) is 16.5. The van der Waals surface area contributed by atoms with Crippen LogP contribution in [0.25, 0.3) is 27.7 Å². The summed E-state index contributed by atoms with van der Waals surface area (Å²) in [5.74, 6) is 1.08. The number of rotatable bonds is 5. The number of nitrogens with one attached hydrogen (secondary N) is 1. The Morgan fingerprint density at radius 3 is 2.68 bits per heavy atom. The second-order valence-electron chi connectivity index (χ2n) is 9.15. The second-order valence-corrected chi connectivity index (χ2v) is 10.3. The molecule has 1 aromatic carbocycles. The van der Waals surface area contributed by atoms with E-state index in [1.165, 1.54) is 23.2 Å². The number of benzene rings is 1. The summed E-state index contributed by atoms with van der Waals surface area (Å²) in [5, 5.41) is 3.60. The summed E-state index contributed by atoms with van der Waals surface area (Å²) in [6, 6.07) is 7.73. The fourth-order valence-electron chi connectivity index (χ4n) is 4.91. The quantitative estimate of drug-likeness (QED) is 0.577. The molecule has 2 unspecified atom stereocenters. The molecule has 2 aliphatic rings. The molecule has 5 rings (SSSR count).